The van der Waals surface area contributed by atoms with Crippen molar-refractivity contribution in [1.82, 2.24) is 4.98 Å². The minimum absolute atomic E-state index is 0. The van der Waals surface area contributed by atoms with Crippen molar-refractivity contribution >= 4 is 34.8 Å². The zero-order valence-corrected chi connectivity index (χ0v) is 13.9. The quantitative estimate of drug-likeness (QED) is 0.904. The Labute approximate surface area is 135 Å². The lowest BCUT2D eigenvalue weighted by molar-refractivity contribution is -0.119. The highest BCUT2D eigenvalue weighted by Gasteiger charge is 2.18. The number of carbonyl (C=O) groups is 1. The lowest BCUT2D eigenvalue weighted by Crippen LogP contribution is -2.34. The summed E-state index contributed by atoms with van der Waals surface area (Å²) >= 11 is 1.43. The van der Waals surface area contributed by atoms with E-state index in [1.165, 1.54) is 16.9 Å². The van der Waals surface area contributed by atoms with Gasteiger partial charge in [-0.1, -0.05) is 31.2 Å². The van der Waals surface area contributed by atoms with Crippen molar-refractivity contribution in [2.24, 2.45) is 11.7 Å². The molecule has 1 heterocycles. The molecule has 3 N–H and O–H groups in total. The lowest BCUT2D eigenvalue weighted by atomic mass is 10.0. The third-order valence-corrected chi connectivity index (χ3v) is 4.12. The van der Waals surface area contributed by atoms with Crippen LogP contribution in [0.25, 0.3) is 11.3 Å². The molecule has 2 unspecified atom stereocenters. The van der Waals surface area contributed by atoms with Crippen molar-refractivity contribution in [3.05, 3.63) is 35.2 Å². The van der Waals surface area contributed by atoms with Crippen LogP contribution in [-0.2, 0) is 4.79 Å². The number of nitrogens with two attached hydrogens (primary N) is 1. The number of carbonyl (C=O) groups excluding carboxylic acids is 1. The van der Waals surface area contributed by atoms with E-state index in [4.69, 9.17) is 5.73 Å². The number of rotatable bonds is 4. The molecule has 0 aliphatic carbocycles. The first-order valence-electron chi connectivity index (χ1n) is 6.57. The van der Waals surface area contributed by atoms with E-state index >= 15 is 0 Å². The van der Waals surface area contributed by atoms with Crippen molar-refractivity contribution < 1.29 is 4.79 Å². The number of hydrogen-bond donors (Lipinski definition) is 2. The Kier molecular flexibility index (Phi) is 6.33. The Bertz CT molecular complexity index is 612. The summed E-state index contributed by atoms with van der Waals surface area (Å²) in [5, 5.41) is 5.39. The monoisotopic (exact) mass is 325 g/mol. The number of aromatic nitrogens is 1. The van der Waals surface area contributed by atoms with Gasteiger partial charge in [0, 0.05) is 17.0 Å². The van der Waals surface area contributed by atoms with Crippen molar-refractivity contribution in [1.29, 1.82) is 0 Å². The molecule has 1 aromatic heterocycles. The Morgan fingerprint density at radius 3 is 2.62 bits per heavy atom. The summed E-state index contributed by atoms with van der Waals surface area (Å²) in [6.45, 7) is 5.69. The van der Waals surface area contributed by atoms with Crippen LogP contribution >= 0.6 is 23.7 Å². The molecule has 1 amide bonds. The molecule has 0 saturated heterocycles. The van der Waals surface area contributed by atoms with E-state index in [-0.39, 0.29) is 30.3 Å². The Morgan fingerprint density at radius 2 is 2.00 bits per heavy atom. The fourth-order valence-electron chi connectivity index (χ4n) is 1.77. The molecule has 0 saturated carbocycles. The zero-order chi connectivity index (χ0) is 14.7. The van der Waals surface area contributed by atoms with Gasteiger partial charge in [-0.2, -0.15) is 0 Å². The van der Waals surface area contributed by atoms with Crippen LogP contribution < -0.4 is 11.1 Å². The maximum atomic E-state index is 11.9. The summed E-state index contributed by atoms with van der Waals surface area (Å²) in [4.78, 5) is 16.4. The number of thiazole rings is 1. The number of amides is 1. The minimum Gasteiger partial charge on any atom is -0.327 e. The molecule has 0 bridgehead atoms. The highest BCUT2D eigenvalue weighted by Crippen LogP contribution is 2.27. The van der Waals surface area contributed by atoms with Gasteiger partial charge < -0.3 is 11.1 Å². The predicted octanol–water partition coefficient (Wildman–Crippen LogP) is 3.46. The van der Waals surface area contributed by atoms with Gasteiger partial charge in [0.15, 0.2) is 5.13 Å². The van der Waals surface area contributed by atoms with E-state index in [1.54, 1.807) is 0 Å². The van der Waals surface area contributed by atoms with E-state index in [9.17, 15) is 4.79 Å². The molecule has 0 radical (unpaired) electrons. The fourth-order valence-corrected chi connectivity index (χ4v) is 2.49. The predicted molar refractivity (Wildman–Crippen MR) is 91.0 cm³/mol. The van der Waals surface area contributed by atoms with Crippen LogP contribution in [0.15, 0.2) is 29.6 Å². The summed E-state index contributed by atoms with van der Waals surface area (Å²) in [5.74, 6) is -0.327. The van der Waals surface area contributed by atoms with Gasteiger partial charge in [-0.25, -0.2) is 4.98 Å². The first-order chi connectivity index (χ1) is 9.49. The maximum absolute atomic E-state index is 11.9. The summed E-state index contributed by atoms with van der Waals surface area (Å²) < 4.78 is 0. The van der Waals surface area contributed by atoms with Crippen molar-refractivity contribution in [2.75, 3.05) is 5.32 Å². The second-order valence-corrected chi connectivity index (χ2v) is 5.85. The maximum Gasteiger partial charge on any atom is 0.230 e. The molecule has 6 heteroatoms. The van der Waals surface area contributed by atoms with Gasteiger partial charge >= 0.3 is 0 Å². The molecular weight excluding hydrogens is 306 g/mol. The Hall–Kier alpha value is -1.43. The molecule has 4 nitrogen and oxygen atoms in total. The summed E-state index contributed by atoms with van der Waals surface area (Å²) in [7, 11) is 0. The first-order valence-corrected chi connectivity index (χ1v) is 7.45. The standard InChI is InChI=1S/C15H19N3OS.ClH/c1-9-6-4-5-7-12(9)13-8-20-15(17-13)18-14(19)10(2)11(3)16;/h4-8,10-11H,16H2,1-3H3,(H,17,18,19);1H. The van der Waals surface area contributed by atoms with Gasteiger partial charge in [-0.05, 0) is 19.4 Å². The van der Waals surface area contributed by atoms with Crippen LogP contribution in [-0.4, -0.2) is 16.9 Å². The van der Waals surface area contributed by atoms with E-state index in [2.05, 4.69) is 10.3 Å². The second kappa shape index (κ2) is 7.54. The van der Waals surface area contributed by atoms with Crippen LogP contribution in [0.3, 0.4) is 0 Å². The smallest absolute Gasteiger partial charge is 0.230 e. The third-order valence-electron chi connectivity index (χ3n) is 3.36. The topological polar surface area (TPSA) is 68.0 Å². The zero-order valence-electron chi connectivity index (χ0n) is 12.3. The van der Waals surface area contributed by atoms with E-state index in [1.807, 2.05) is 50.4 Å². The van der Waals surface area contributed by atoms with Crippen molar-refractivity contribution in [2.45, 2.75) is 26.8 Å². The lowest BCUT2D eigenvalue weighted by Gasteiger charge is -2.13. The van der Waals surface area contributed by atoms with Gasteiger partial charge in [-0.3, -0.25) is 4.79 Å². The first kappa shape index (κ1) is 17.6. The molecule has 0 fully saturated rings. The molecule has 114 valence electrons. The normalized spacial score (nSPS) is 13.1. The molecule has 1 aromatic carbocycles. The van der Waals surface area contributed by atoms with Crippen LogP contribution in [0, 0.1) is 12.8 Å². The summed E-state index contributed by atoms with van der Waals surface area (Å²) in [6, 6.07) is 7.88. The van der Waals surface area contributed by atoms with Gasteiger partial charge in [0.05, 0.1) is 11.6 Å². The highest BCUT2D eigenvalue weighted by molar-refractivity contribution is 7.14. The van der Waals surface area contributed by atoms with Crippen molar-refractivity contribution in [3.8, 4) is 11.3 Å². The third kappa shape index (κ3) is 4.27. The molecule has 21 heavy (non-hydrogen) atoms. The number of hydrogen-bond acceptors (Lipinski definition) is 4. The van der Waals surface area contributed by atoms with E-state index < -0.39 is 0 Å². The van der Waals surface area contributed by atoms with Gasteiger partial charge in [-0.15, -0.1) is 23.7 Å². The number of nitrogens with zero attached hydrogens (tertiary/aromatic N) is 1. The van der Waals surface area contributed by atoms with E-state index in [0.717, 1.165) is 11.3 Å². The number of halogens is 1. The van der Waals surface area contributed by atoms with Gasteiger partial charge in [0.2, 0.25) is 5.91 Å². The van der Waals surface area contributed by atoms with Crippen LogP contribution in [0.1, 0.15) is 19.4 Å². The molecule has 2 atom stereocenters. The molecule has 2 rings (SSSR count). The van der Waals surface area contributed by atoms with Crippen molar-refractivity contribution in [3.63, 3.8) is 0 Å². The van der Waals surface area contributed by atoms with Gasteiger partial charge in [0.25, 0.3) is 0 Å². The summed E-state index contributed by atoms with van der Waals surface area (Å²) in [6.07, 6.45) is 0. The van der Waals surface area contributed by atoms with E-state index in [0.29, 0.717) is 5.13 Å². The van der Waals surface area contributed by atoms with Gasteiger partial charge in [0.1, 0.15) is 0 Å². The largest absolute Gasteiger partial charge is 0.327 e. The Morgan fingerprint density at radius 1 is 1.33 bits per heavy atom. The second-order valence-electron chi connectivity index (χ2n) is 4.99. The number of nitrogens with one attached hydrogen (secondary N) is 1. The van der Waals surface area contributed by atoms with Crippen LogP contribution in [0.5, 0.6) is 0 Å². The average Bonchev–Trinajstić information content (AvgIpc) is 2.86. The van der Waals surface area contributed by atoms with Crippen LogP contribution in [0.2, 0.25) is 0 Å². The number of anilines is 1. The Balaban J connectivity index is 0.00000220. The number of benzene rings is 1. The SMILES string of the molecule is Cc1ccccc1-c1csc(NC(=O)C(C)C(C)N)n1.Cl. The summed E-state index contributed by atoms with van der Waals surface area (Å²) in [5.41, 5.74) is 8.87. The fraction of sp³-hybridized carbons (Fsp3) is 0.333. The molecule has 2 aromatic rings. The average molecular weight is 326 g/mol. The molecular formula is C15H20ClN3OS. The molecule has 0 spiro atoms. The molecule has 0 aliphatic heterocycles. The molecule has 0 aliphatic rings. The highest BCUT2D eigenvalue weighted by atomic mass is 35.5. The minimum atomic E-state index is -0.235. The van der Waals surface area contributed by atoms with Crippen LogP contribution in [0.4, 0.5) is 5.13 Å². The number of aryl methyl sites for hydroxylation is 1.